The van der Waals surface area contributed by atoms with Crippen LogP contribution in [0.4, 0.5) is 0 Å². The fourth-order valence-electron chi connectivity index (χ4n) is 9.12. The largest absolute Gasteiger partial charge is 0.299 e. The molecule has 0 N–H and O–H groups in total. The van der Waals surface area contributed by atoms with Gasteiger partial charge in [0, 0.05) is 12.3 Å². The van der Waals surface area contributed by atoms with Crippen molar-refractivity contribution in [3.8, 4) is 0 Å². The zero-order valence-corrected chi connectivity index (χ0v) is 19.4. The zero-order valence-electron chi connectivity index (χ0n) is 19.4. The lowest BCUT2D eigenvalue weighted by Gasteiger charge is -2.60. The van der Waals surface area contributed by atoms with Gasteiger partial charge < -0.3 is 0 Å². The van der Waals surface area contributed by atoms with E-state index in [1.54, 1.807) is 0 Å². The van der Waals surface area contributed by atoms with Crippen molar-refractivity contribution >= 4 is 5.78 Å². The summed E-state index contributed by atoms with van der Waals surface area (Å²) in [5, 5.41) is 0. The molecule has 4 aliphatic rings. The molecule has 28 heavy (non-hydrogen) atoms. The van der Waals surface area contributed by atoms with Crippen molar-refractivity contribution in [1.29, 1.82) is 0 Å². The summed E-state index contributed by atoms with van der Waals surface area (Å²) in [4.78, 5) is 13.2. The molecule has 1 nitrogen and oxygen atoms in total. The molecule has 0 radical (unpaired) electrons. The van der Waals surface area contributed by atoms with Gasteiger partial charge >= 0.3 is 0 Å². The minimum atomic E-state index is 0.334. The van der Waals surface area contributed by atoms with Gasteiger partial charge in [-0.1, -0.05) is 66.7 Å². The van der Waals surface area contributed by atoms with Crippen LogP contribution >= 0.6 is 0 Å². The van der Waals surface area contributed by atoms with Gasteiger partial charge in [0.1, 0.15) is 5.78 Å². The Bertz CT molecular complexity index is 579. The first-order valence-corrected chi connectivity index (χ1v) is 12.8. The lowest BCUT2D eigenvalue weighted by molar-refractivity contribution is -0.154. The first-order valence-electron chi connectivity index (χ1n) is 12.8. The zero-order chi connectivity index (χ0) is 20.1. The van der Waals surface area contributed by atoms with Crippen LogP contribution in [0.3, 0.4) is 0 Å². The Morgan fingerprint density at radius 3 is 2.39 bits per heavy atom. The molecular formula is C27H46O. The first kappa shape index (κ1) is 20.9. The highest BCUT2D eigenvalue weighted by Crippen LogP contribution is 2.67. The molecule has 0 aromatic heterocycles. The van der Waals surface area contributed by atoms with Crippen molar-refractivity contribution in [2.45, 2.75) is 112 Å². The molecule has 4 fully saturated rings. The number of fused-ring (bicyclic) bond motifs is 5. The monoisotopic (exact) mass is 386 g/mol. The molecular weight excluding hydrogens is 340 g/mol. The van der Waals surface area contributed by atoms with Crippen LogP contribution in [0.25, 0.3) is 0 Å². The molecule has 0 saturated heterocycles. The maximum absolute atomic E-state index is 13.2. The van der Waals surface area contributed by atoms with Crippen molar-refractivity contribution in [3.63, 3.8) is 0 Å². The maximum atomic E-state index is 13.2. The van der Waals surface area contributed by atoms with Gasteiger partial charge in [-0.2, -0.15) is 0 Å². The van der Waals surface area contributed by atoms with Crippen molar-refractivity contribution in [3.05, 3.63) is 0 Å². The highest BCUT2D eigenvalue weighted by atomic mass is 16.1. The van der Waals surface area contributed by atoms with E-state index >= 15 is 0 Å². The molecule has 0 aromatic rings. The number of ketones is 1. The van der Waals surface area contributed by atoms with E-state index in [0.717, 1.165) is 36.0 Å². The van der Waals surface area contributed by atoms with E-state index in [-0.39, 0.29) is 0 Å². The molecule has 0 spiro atoms. The lowest BCUT2D eigenvalue weighted by atomic mass is 9.44. The van der Waals surface area contributed by atoms with Gasteiger partial charge in [-0.15, -0.1) is 0 Å². The van der Waals surface area contributed by atoms with Gasteiger partial charge in [0.25, 0.3) is 0 Å². The van der Waals surface area contributed by atoms with Gasteiger partial charge in [0.05, 0.1) is 0 Å². The molecule has 8 atom stereocenters. The Balaban J connectivity index is 1.50. The van der Waals surface area contributed by atoms with E-state index in [1.165, 1.54) is 70.6 Å². The summed E-state index contributed by atoms with van der Waals surface area (Å²) in [6, 6.07) is 0. The third kappa shape index (κ3) is 3.31. The highest BCUT2D eigenvalue weighted by molar-refractivity contribution is 5.83. The predicted octanol–water partition coefficient (Wildman–Crippen LogP) is 7.68. The normalized spacial score (nSPS) is 46.8. The van der Waals surface area contributed by atoms with Crippen molar-refractivity contribution in [2.24, 2.45) is 52.3 Å². The Morgan fingerprint density at radius 1 is 0.893 bits per heavy atom. The quantitative estimate of drug-likeness (QED) is 0.473. The SMILES string of the molecule is CC(C)CCC[C@@H](C)C1CCC2C3CC(=O)C4CCCCC4(C)C3CCC21C. The average molecular weight is 387 g/mol. The Labute approximate surface area is 174 Å². The maximum Gasteiger partial charge on any atom is 0.136 e. The van der Waals surface area contributed by atoms with Crippen LogP contribution < -0.4 is 0 Å². The molecule has 4 saturated carbocycles. The number of hydrogen-bond acceptors (Lipinski definition) is 1. The molecule has 0 amide bonds. The molecule has 0 heterocycles. The summed E-state index contributed by atoms with van der Waals surface area (Å²) in [5.74, 6) is 6.03. The van der Waals surface area contributed by atoms with Crippen molar-refractivity contribution in [2.75, 3.05) is 0 Å². The van der Waals surface area contributed by atoms with Gasteiger partial charge in [-0.3, -0.25) is 4.79 Å². The number of carbonyl (C=O) groups excluding carboxylic acids is 1. The third-order valence-electron chi connectivity index (χ3n) is 10.6. The summed E-state index contributed by atoms with van der Waals surface area (Å²) in [5.41, 5.74) is 0.844. The molecule has 1 heteroatoms. The van der Waals surface area contributed by atoms with Crippen LogP contribution in [0.15, 0.2) is 0 Å². The average Bonchev–Trinajstić information content (AvgIpc) is 2.99. The number of hydrogen-bond donors (Lipinski definition) is 0. The number of rotatable bonds is 5. The Hall–Kier alpha value is -0.330. The van der Waals surface area contributed by atoms with E-state index in [4.69, 9.17) is 0 Å². The summed E-state index contributed by atoms with van der Waals surface area (Å²) < 4.78 is 0. The Morgan fingerprint density at radius 2 is 1.64 bits per heavy atom. The minimum absolute atomic E-state index is 0.334. The summed E-state index contributed by atoms with van der Waals surface area (Å²) in [6.45, 7) is 12.4. The number of carbonyl (C=O) groups is 1. The van der Waals surface area contributed by atoms with Crippen LogP contribution in [-0.4, -0.2) is 5.78 Å². The second kappa shape index (κ2) is 7.73. The van der Waals surface area contributed by atoms with Crippen molar-refractivity contribution in [1.82, 2.24) is 0 Å². The summed E-state index contributed by atoms with van der Waals surface area (Å²) >= 11 is 0. The fraction of sp³-hybridized carbons (Fsp3) is 0.963. The second-order valence-corrected chi connectivity index (χ2v) is 12.4. The molecule has 7 unspecified atom stereocenters. The van der Waals surface area contributed by atoms with Crippen LogP contribution in [0.1, 0.15) is 112 Å². The van der Waals surface area contributed by atoms with E-state index in [9.17, 15) is 4.79 Å². The van der Waals surface area contributed by atoms with Gasteiger partial charge in [0.2, 0.25) is 0 Å². The molecule has 4 rings (SSSR count). The molecule has 160 valence electrons. The number of Topliss-reactive ketones (excluding diaryl/α,β-unsaturated/α-hetero) is 1. The smallest absolute Gasteiger partial charge is 0.136 e. The molecule has 0 aromatic carbocycles. The van der Waals surface area contributed by atoms with Crippen LogP contribution in [0.5, 0.6) is 0 Å². The standard InChI is InChI=1S/C27H46O/c1-18(2)9-8-10-19(3)21-12-13-22-20-17-25(28)24-11-6-7-15-26(24,4)23(20)14-16-27(21,22)5/h18-24H,6-17H2,1-5H3/t19-,20?,21?,22?,23?,24?,26?,27?/m1/s1. The van der Waals surface area contributed by atoms with Gasteiger partial charge in [0.15, 0.2) is 0 Å². The third-order valence-corrected chi connectivity index (χ3v) is 10.6. The molecule has 0 bridgehead atoms. The molecule has 4 aliphatic carbocycles. The van der Waals surface area contributed by atoms with Gasteiger partial charge in [-0.05, 0) is 84.9 Å². The minimum Gasteiger partial charge on any atom is -0.299 e. The summed E-state index contributed by atoms with van der Waals surface area (Å²) in [7, 11) is 0. The highest BCUT2D eigenvalue weighted by Gasteiger charge is 2.61. The topological polar surface area (TPSA) is 17.1 Å². The van der Waals surface area contributed by atoms with Crippen LogP contribution in [-0.2, 0) is 4.79 Å². The van der Waals surface area contributed by atoms with E-state index in [1.807, 2.05) is 0 Å². The fourth-order valence-corrected chi connectivity index (χ4v) is 9.12. The summed E-state index contributed by atoms with van der Waals surface area (Å²) in [6.07, 6.45) is 16.0. The van der Waals surface area contributed by atoms with Crippen LogP contribution in [0, 0.1) is 52.3 Å². The lowest BCUT2D eigenvalue weighted by Crippen LogP contribution is -2.56. The Kier molecular flexibility index (Phi) is 5.78. The van der Waals surface area contributed by atoms with E-state index in [2.05, 4.69) is 34.6 Å². The van der Waals surface area contributed by atoms with E-state index in [0.29, 0.717) is 28.4 Å². The first-order chi connectivity index (χ1) is 13.3. The van der Waals surface area contributed by atoms with Crippen LogP contribution in [0.2, 0.25) is 0 Å². The van der Waals surface area contributed by atoms with Gasteiger partial charge in [-0.25, -0.2) is 0 Å². The predicted molar refractivity (Wildman–Crippen MR) is 118 cm³/mol. The van der Waals surface area contributed by atoms with Crippen molar-refractivity contribution < 1.29 is 4.79 Å². The second-order valence-electron chi connectivity index (χ2n) is 12.4. The molecule has 0 aliphatic heterocycles. The van der Waals surface area contributed by atoms with E-state index < -0.39 is 0 Å².